The lowest BCUT2D eigenvalue weighted by Crippen LogP contribution is -2.27. The number of nitriles is 1. The van der Waals surface area contributed by atoms with Crippen molar-refractivity contribution in [2.24, 2.45) is 0 Å². The van der Waals surface area contributed by atoms with Gasteiger partial charge >= 0.3 is 5.97 Å². The Bertz CT molecular complexity index is 814. The van der Waals surface area contributed by atoms with E-state index in [1.165, 1.54) is 6.20 Å². The summed E-state index contributed by atoms with van der Waals surface area (Å²) >= 11 is 0. The molecule has 0 saturated heterocycles. The van der Waals surface area contributed by atoms with Gasteiger partial charge in [0.2, 0.25) is 0 Å². The van der Waals surface area contributed by atoms with Crippen LogP contribution in [-0.2, 0) is 14.9 Å². The zero-order valence-electron chi connectivity index (χ0n) is 18.5. The predicted molar refractivity (Wildman–Crippen MR) is 111 cm³/mol. The molecule has 0 unspecified atom stereocenters. The van der Waals surface area contributed by atoms with Crippen molar-refractivity contribution in [2.75, 3.05) is 0 Å². The van der Waals surface area contributed by atoms with E-state index in [2.05, 4.69) is 19.9 Å². The van der Waals surface area contributed by atoms with E-state index in [-0.39, 0.29) is 11.4 Å². The number of carbonyl (C=O) groups is 1. The van der Waals surface area contributed by atoms with E-state index in [0.717, 1.165) is 29.9 Å². The number of esters is 1. The summed E-state index contributed by atoms with van der Waals surface area (Å²) in [6.45, 7) is 13.4. The van der Waals surface area contributed by atoms with Crippen LogP contribution in [0.3, 0.4) is 0 Å². The molecule has 2 aromatic heterocycles. The predicted octanol–water partition coefficient (Wildman–Crippen LogP) is 4.23. The molecule has 0 radical (unpaired) electrons. The van der Waals surface area contributed by atoms with Crippen molar-refractivity contribution in [3.05, 3.63) is 47.6 Å². The van der Waals surface area contributed by atoms with E-state index in [4.69, 9.17) is 10.00 Å². The van der Waals surface area contributed by atoms with Crippen LogP contribution in [0, 0.1) is 25.2 Å². The average molecular weight is 398 g/mol. The second-order valence-electron chi connectivity index (χ2n) is 7.74. The Hall–Kier alpha value is -2.88. The Labute approximate surface area is 173 Å². The SMILES string of the molecule is CC.Cc1cnc(C#N)cn1.Cc1cnc(C2(CC(=O)OC(C)(C)C)CC2)cn1. The van der Waals surface area contributed by atoms with E-state index in [1.54, 1.807) is 18.6 Å². The molecule has 7 nitrogen and oxygen atoms in total. The zero-order valence-corrected chi connectivity index (χ0v) is 18.5. The maximum absolute atomic E-state index is 11.9. The maximum atomic E-state index is 11.9. The summed E-state index contributed by atoms with van der Waals surface area (Å²) in [6, 6.07) is 1.88. The third kappa shape index (κ3) is 8.34. The summed E-state index contributed by atoms with van der Waals surface area (Å²) in [5.74, 6) is -0.151. The molecular weight excluding hydrogens is 366 g/mol. The van der Waals surface area contributed by atoms with Crippen LogP contribution < -0.4 is 0 Å². The molecule has 1 fully saturated rings. The fourth-order valence-electron chi connectivity index (χ4n) is 2.45. The minimum absolute atomic E-state index is 0.122. The molecule has 156 valence electrons. The lowest BCUT2D eigenvalue weighted by molar-refractivity contribution is -0.155. The number of rotatable bonds is 3. The van der Waals surface area contributed by atoms with Gasteiger partial charge in [-0.3, -0.25) is 19.7 Å². The Morgan fingerprint density at radius 3 is 1.97 bits per heavy atom. The molecule has 0 atom stereocenters. The molecular formula is C22H31N5O2. The average Bonchev–Trinajstić information content (AvgIpc) is 3.44. The van der Waals surface area contributed by atoms with Crippen LogP contribution in [0.15, 0.2) is 24.8 Å². The number of nitrogens with zero attached hydrogens (tertiary/aromatic N) is 5. The normalized spacial score (nSPS) is 13.6. The summed E-state index contributed by atoms with van der Waals surface area (Å²) in [5, 5.41) is 8.28. The number of aromatic nitrogens is 4. The molecule has 29 heavy (non-hydrogen) atoms. The first-order chi connectivity index (χ1) is 13.6. The molecule has 1 aliphatic rings. The second kappa shape index (κ2) is 10.6. The highest BCUT2D eigenvalue weighted by Crippen LogP contribution is 2.50. The van der Waals surface area contributed by atoms with Gasteiger partial charge < -0.3 is 4.74 Å². The summed E-state index contributed by atoms with van der Waals surface area (Å²) in [6.07, 6.45) is 8.95. The fraction of sp³-hybridized carbons (Fsp3) is 0.545. The van der Waals surface area contributed by atoms with Gasteiger partial charge in [-0.1, -0.05) is 13.8 Å². The first kappa shape index (κ1) is 24.2. The van der Waals surface area contributed by atoms with Crippen molar-refractivity contribution >= 4 is 5.97 Å². The number of aryl methyl sites for hydroxylation is 2. The topological polar surface area (TPSA) is 102 Å². The van der Waals surface area contributed by atoms with Gasteiger partial charge in [-0.25, -0.2) is 4.98 Å². The number of hydrogen-bond acceptors (Lipinski definition) is 7. The number of carbonyl (C=O) groups excluding carboxylic acids is 1. The molecule has 3 rings (SSSR count). The standard InChI is InChI=1S/C14H20N2O2.C6H5N3.C2H6/c1-10-8-16-11(9-15-10)14(5-6-14)7-12(17)18-13(2,3)4;1-5-3-9-6(2-7)4-8-5;1-2/h8-9H,5-7H2,1-4H3;3-4H,1H3;1-2H3. The highest BCUT2D eigenvalue weighted by molar-refractivity contribution is 5.72. The zero-order chi connectivity index (χ0) is 22.1. The van der Waals surface area contributed by atoms with Gasteiger partial charge in [0.25, 0.3) is 0 Å². The lowest BCUT2D eigenvalue weighted by atomic mass is 9.98. The molecule has 1 saturated carbocycles. The van der Waals surface area contributed by atoms with Crippen LogP contribution >= 0.6 is 0 Å². The van der Waals surface area contributed by atoms with E-state index >= 15 is 0 Å². The second-order valence-corrected chi connectivity index (χ2v) is 7.74. The van der Waals surface area contributed by atoms with Crippen LogP contribution in [0.5, 0.6) is 0 Å². The Morgan fingerprint density at radius 2 is 1.59 bits per heavy atom. The monoisotopic (exact) mass is 397 g/mol. The molecule has 0 spiro atoms. The van der Waals surface area contributed by atoms with Crippen LogP contribution in [0.1, 0.15) is 76.7 Å². The van der Waals surface area contributed by atoms with Gasteiger partial charge in [0.1, 0.15) is 11.7 Å². The van der Waals surface area contributed by atoms with Gasteiger partial charge in [0, 0.05) is 24.0 Å². The first-order valence-electron chi connectivity index (χ1n) is 9.83. The molecule has 7 heteroatoms. The van der Waals surface area contributed by atoms with E-state index in [9.17, 15) is 4.79 Å². The molecule has 0 aromatic carbocycles. The quantitative estimate of drug-likeness (QED) is 0.714. The van der Waals surface area contributed by atoms with Crippen molar-refractivity contribution in [3.63, 3.8) is 0 Å². The highest BCUT2D eigenvalue weighted by atomic mass is 16.6. The summed E-state index contributed by atoms with van der Waals surface area (Å²) in [4.78, 5) is 28.2. The van der Waals surface area contributed by atoms with Crippen molar-refractivity contribution in [2.45, 2.75) is 78.7 Å². The van der Waals surface area contributed by atoms with Gasteiger partial charge in [-0.2, -0.15) is 5.26 Å². The van der Waals surface area contributed by atoms with Gasteiger partial charge in [-0.05, 0) is 47.5 Å². The third-order valence-electron chi connectivity index (χ3n) is 3.98. The molecule has 0 N–H and O–H groups in total. The molecule has 2 aromatic rings. The summed E-state index contributed by atoms with van der Waals surface area (Å²) in [5.41, 5.74) is 2.45. The number of ether oxygens (including phenoxy) is 1. The highest BCUT2D eigenvalue weighted by Gasteiger charge is 2.48. The van der Waals surface area contributed by atoms with Gasteiger partial charge in [-0.15, -0.1) is 0 Å². The minimum Gasteiger partial charge on any atom is -0.460 e. The van der Waals surface area contributed by atoms with Crippen LogP contribution in [-0.4, -0.2) is 31.5 Å². The van der Waals surface area contributed by atoms with Crippen LogP contribution in [0.4, 0.5) is 0 Å². The Morgan fingerprint density at radius 1 is 1.03 bits per heavy atom. The van der Waals surface area contributed by atoms with Gasteiger partial charge in [0.15, 0.2) is 5.69 Å². The van der Waals surface area contributed by atoms with Gasteiger partial charge in [0.05, 0.1) is 29.7 Å². The molecule has 0 amide bonds. The maximum Gasteiger partial charge on any atom is 0.307 e. The first-order valence-corrected chi connectivity index (χ1v) is 9.83. The number of hydrogen-bond donors (Lipinski definition) is 0. The Balaban J connectivity index is 0.000000321. The van der Waals surface area contributed by atoms with Crippen LogP contribution in [0.2, 0.25) is 0 Å². The van der Waals surface area contributed by atoms with Crippen molar-refractivity contribution in [1.29, 1.82) is 5.26 Å². The van der Waals surface area contributed by atoms with Crippen molar-refractivity contribution < 1.29 is 9.53 Å². The smallest absolute Gasteiger partial charge is 0.307 e. The van der Waals surface area contributed by atoms with E-state index < -0.39 is 5.60 Å². The largest absolute Gasteiger partial charge is 0.460 e. The van der Waals surface area contributed by atoms with E-state index in [1.807, 2.05) is 54.5 Å². The minimum atomic E-state index is -0.424. The summed E-state index contributed by atoms with van der Waals surface area (Å²) in [7, 11) is 0. The van der Waals surface area contributed by atoms with Crippen LogP contribution in [0.25, 0.3) is 0 Å². The van der Waals surface area contributed by atoms with Crippen molar-refractivity contribution in [1.82, 2.24) is 19.9 Å². The molecule has 0 aliphatic heterocycles. The third-order valence-corrected chi connectivity index (χ3v) is 3.98. The molecule has 2 heterocycles. The fourth-order valence-corrected chi connectivity index (χ4v) is 2.45. The lowest BCUT2D eigenvalue weighted by Gasteiger charge is -2.21. The van der Waals surface area contributed by atoms with E-state index in [0.29, 0.717) is 12.1 Å². The van der Waals surface area contributed by atoms with Crippen molar-refractivity contribution in [3.8, 4) is 6.07 Å². The molecule has 0 bridgehead atoms. The molecule has 1 aliphatic carbocycles. The Kier molecular flexibility index (Phi) is 8.84. The summed E-state index contributed by atoms with van der Waals surface area (Å²) < 4.78 is 5.37.